The number of H-pyrrole nitrogens is 1. The molecule has 15 heteroatoms. The molecule has 222 valence electrons. The summed E-state index contributed by atoms with van der Waals surface area (Å²) >= 11 is 0. The van der Waals surface area contributed by atoms with Gasteiger partial charge in [0, 0.05) is 12.3 Å². The second-order valence-corrected chi connectivity index (χ2v) is 17.9. The van der Waals surface area contributed by atoms with Crippen molar-refractivity contribution < 1.29 is 37.4 Å². The second-order valence-electron chi connectivity index (χ2n) is 11.1. The van der Waals surface area contributed by atoms with Crippen LogP contribution in [0, 0.1) is 0 Å². The maximum Gasteiger partial charge on any atom is 0.459 e. The molecule has 0 saturated carbocycles. The van der Waals surface area contributed by atoms with Crippen LogP contribution in [0.15, 0.2) is 46.1 Å². The van der Waals surface area contributed by atoms with Gasteiger partial charge in [-0.2, -0.15) is 5.09 Å². The van der Waals surface area contributed by atoms with E-state index in [9.17, 15) is 24.1 Å². The van der Waals surface area contributed by atoms with Crippen molar-refractivity contribution in [3.8, 4) is 5.75 Å². The molecule has 1 aliphatic heterocycles. The molecule has 0 bridgehead atoms. The van der Waals surface area contributed by atoms with E-state index in [4.69, 9.17) is 18.5 Å². The standard InChI is InChI=1S/C25H37FN3O9PSi/c1-15(2)36-22(32)16(3)28-39(34,38-17-8-10-18(11-9-17)40(5,6)7)35-14-19-21(31)25(4,26)23(37-19)29-13-12-20(30)27-24(29)33/h8-13,15-16,19,21,23,31H,14H2,1-7H3,(H,28,34)(H,27,30,33)/t16-,19+,21+,23+,25+,39?/m0/s1. The van der Waals surface area contributed by atoms with Crippen LogP contribution in [0.3, 0.4) is 0 Å². The average Bonchev–Trinajstić information content (AvgIpc) is 3.05. The van der Waals surface area contributed by atoms with E-state index in [1.807, 2.05) is 17.1 Å². The summed E-state index contributed by atoms with van der Waals surface area (Å²) in [5.74, 6) is -0.523. The molecule has 3 rings (SSSR count). The molecule has 0 amide bonds. The van der Waals surface area contributed by atoms with Crippen molar-refractivity contribution in [1.82, 2.24) is 14.6 Å². The Bertz CT molecular complexity index is 1360. The van der Waals surface area contributed by atoms with Crippen molar-refractivity contribution >= 4 is 27.0 Å². The van der Waals surface area contributed by atoms with E-state index in [1.54, 1.807) is 26.0 Å². The number of hydrogen-bond acceptors (Lipinski definition) is 9. The van der Waals surface area contributed by atoms with Crippen LogP contribution in [0.4, 0.5) is 4.39 Å². The molecule has 6 atom stereocenters. The Balaban J connectivity index is 1.84. The predicted molar refractivity (Wildman–Crippen MR) is 148 cm³/mol. The highest BCUT2D eigenvalue weighted by Gasteiger charge is 2.56. The number of aromatic amines is 1. The summed E-state index contributed by atoms with van der Waals surface area (Å²) in [4.78, 5) is 38.1. The molecular formula is C25H37FN3O9PSi. The Morgan fingerprint density at radius 2 is 1.85 bits per heavy atom. The Kier molecular flexibility index (Phi) is 9.65. The van der Waals surface area contributed by atoms with Gasteiger partial charge in [0.25, 0.3) is 5.56 Å². The minimum Gasteiger partial charge on any atom is -0.462 e. The third-order valence-electron chi connectivity index (χ3n) is 6.23. The molecule has 1 saturated heterocycles. The fraction of sp³-hybridized carbons (Fsp3) is 0.560. The first kappa shape index (κ1) is 31.9. The number of ether oxygens (including phenoxy) is 2. The Morgan fingerprint density at radius 1 is 1.23 bits per heavy atom. The SMILES string of the molecule is CC(C)OC(=O)[C@H](C)NP(=O)(OC[C@H]1O[C@@H](n2ccc(=O)[nH]c2=O)[C@](C)(F)[C@@H]1O)Oc1ccc([Si](C)(C)C)cc1. The van der Waals surface area contributed by atoms with Crippen LogP contribution in [-0.4, -0.2) is 65.3 Å². The number of rotatable bonds is 11. The number of aliphatic hydroxyl groups is 1. The number of esters is 1. The largest absolute Gasteiger partial charge is 0.462 e. The number of nitrogens with zero attached hydrogens (tertiary/aromatic N) is 1. The summed E-state index contributed by atoms with van der Waals surface area (Å²) < 4.78 is 52.2. The first-order valence-electron chi connectivity index (χ1n) is 12.8. The third kappa shape index (κ3) is 7.56. The van der Waals surface area contributed by atoms with E-state index >= 15 is 4.39 Å². The number of benzene rings is 1. The van der Waals surface area contributed by atoms with Gasteiger partial charge in [0.15, 0.2) is 11.9 Å². The molecule has 40 heavy (non-hydrogen) atoms. The molecule has 3 N–H and O–H groups in total. The van der Waals surface area contributed by atoms with Crippen LogP contribution in [-0.2, 0) is 23.4 Å². The van der Waals surface area contributed by atoms with Gasteiger partial charge in [0.2, 0.25) is 0 Å². The molecule has 0 aliphatic carbocycles. The zero-order valence-corrected chi connectivity index (χ0v) is 25.4. The van der Waals surface area contributed by atoms with Gasteiger partial charge in [-0.3, -0.25) is 23.7 Å². The number of aromatic nitrogens is 2. The van der Waals surface area contributed by atoms with Gasteiger partial charge in [-0.1, -0.05) is 37.0 Å². The lowest BCUT2D eigenvalue weighted by Crippen LogP contribution is -2.43. The van der Waals surface area contributed by atoms with Crippen molar-refractivity contribution in [2.24, 2.45) is 0 Å². The summed E-state index contributed by atoms with van der Waals surface area (Å²) in [5, 5.41) is 14.3. The van der Waals surface area contributed by atoms with E-state index in [-0.39, 0.29) is 5.75 Å². The summed E-state index contributed by atoms with van der Waals surface area (Å²) in [6.45, 7) is 11.6. The predicted octanol–water partition coefficient (Wildman–Crippen LogP) is 2.20. The molecule has 1 aliphatic rings. The average molecular weight is 602 g/mol. The van der Waals surface area contributed by atoms with Crippen LogP contribution in [0.1, 0.15) is 33.9 Å². The lowest BCUT2D eigenvalue weighted by atomic mass is 9.98. The topological polar surface area (TPSA) is 158 Å². The van der Waals surface area contributed by atoms with E-state index < -0.39 is 75.9 Å². The van der Waals surface area contributed by atoms with Crippen molar-refractivity contribution in [2.75, 3.05) is 6.61 Å². The van der Waals surface area contributed by atoms with Gasteiger partial charge in [-0.15, -0.1) is 0 Å². The number of carbonyl (C=O) groups excluding carboxylic acids is 1. The molecule has 2 aromatic rings. The zero-order chi connectivity index (χ0) is 30.0. The van der Waals surface area contributed by atoms with E-state index in [1.165, 1.54) is 6.92 Å². The molecule has 12 nitrogen and oxygen atoms in total. The van der Waals surface area contributed by atoms with Gasteiger partial charge >= 0.3 is 19.4 Å². The molecule has 2 heterocycles. The summed E-state index contributed by atoms with van der Waals surface area (Å²) in [6.07, 6.45) is -4.22. The number of nitrogens with one attached hydrogen (secondary N) is 2. The van der Waals surface area contributed by atoms with Crippen LogP contribution in [0.5, 0.6) is 5.75 Å². The van der Waals surface area contributed by atoms with Crippen molar-refractivity contribution in [3.63, 3.8) is 0 Å². The highest BCUT2D eigenvalue weighted by molar-refractivity contribution is 7.52. The minimum absolute atomic E-state index is 0.183. The molecule has 1 unspecified atom stereocenters. The molecule has 1 aromatic carbocycles. The Morgan fingerprint density at radius 3 is 2.40 bits per heavy atom. The van der Waals surface area contributed by atoms with Crippen molar-refractivity contribution in [3.05, 3.63) is 57.4 Å². The zero-order valence-electron chi connectivity index (χ0n) is 23.5. The van der Waals surface area contributed by atoms with E-state index in [0.717, 1.165) is 28.9 Å². The van der Waals surface area contributed by atoms with Gasteiger partial charge in [-0.25, -0.2) is 13.8 Å². The molecule has 0 spiro atoms. The third-order valence-corrected chi connectivity index (χ3v) is 9.94. The lowest BCUT2D eigenvalue weighted by molar-refractivity contribution is -0.149. The molecule has 1 aromatic heterocycles. The maximum absolute atomic E-state index is 15.6. The van der Waals surface area contributed by atoms with Crippen LogP contribution < -0.4 is 26.0 Å². The highest BCUT2D eigenvalue weighted by Crippen LogP contribution is 2.47. The quantitative estimate of drug-likeness (QED) is 0.198. The number of halogens is 1. The van der Waals surface area contributed by atoms with Crippen molar-refractivity contribution in [1.29, 1.82) is 0 Å². The summed E-state index contributed by atoms with van der Waals surface area (Å²) in [5.41, 5.74) is -4.12. The monoisotopic (exact) mass is 601 g/mol. The smallest absolute Gasteiger partial charge is 0.459 e. The highest BCUT2D eigenvalue weighted by atomic mass is 31.2. The fourth-order valence-electron chi connectivity index (χ4n) is 4.00. The van der Waals surface area contributed by atoms with Gasteiger partial charge in [-0.05, 0) is 39.8 Å². The number of alkyl halides is 1. The molecule has 1 fully saturated rings. The first-order chi connectivity index (χ1) is 18.4. The second kappa shape index (κ2) is 12.1. The lowest BCUT2D eigenvalue weighted by Gasteiger charge is -2.26. The fourth-order valence-corrected chi connectivity index (χ4v) is 6.67. The maximum atomic E-state index is 15.6. The summed E-state index contributed by atoms with van der Waals surface area (Å²) in [6, 6.07) is 6.85. The Hall–Kier alpha value is -2.61. The number of aliphatic hydroxyl groups excluding tert-OH is 1. The number of carbonyl (C=O) groups is 1. The van der Waals surface area contributed by atoms with Gasteiger partial charge in [0.05, 0.1) is 20.8 Å². The number of hydrogen-bond donors (Lipinski definition) is 3. The normalized spacial score (nSPS) is 25.4. The van der Waals surface area contributed by atoms with Gasteiger partial charge < -0.3 is 19.1 Å². The molecular weight excluding hydrogens is 564 g/mol. The first-order valence-corrected chi connectivity index (χ1v) is 17.8. The van der Waals surface area contributed by atoms with Crippen LogP contribution in [0.25, 0.3) is 0 Å². The summed E-state index contributed by atoms with van der Waals surface area (Å²) in [7, 11) is -5.97. The Labute approximate surface area is 232 Å². The minimum atomic E-state index is -4.35. The van der Waals surface area contributed by atoms with E-state index in [2.05, 4.69) is 24.7 Å². The van der Waals surface area contributed by atoms with Crippen molar-refractivity contribution in [2.45, 2.75) is 83.6 Å². The van der Waals surface area contributed by atoms with Crippen LogP contribution >= 0.6 is 7.75 Å². The van der Waals surface area contributed by atoms with Crippen LogP contribution in [0.2, 0.25) is 19.6 Å². The van der Waals surface area contributed by atoms with Gasteiger partial charge in [0.1, 0.15) is 24.0 Å². The molecule has 0 radical (unpaired) electrons. The van der Waals surface area contributed by atoms with E-state index in [0.29, 0.717) is 0 Å².